The fraction of sp³-hybridized carbons (Fsp3) is 0.568. The number of carbonyl (C=O) groups is 2. The molecule has 0 aromatic heterocycles. The van der Waals surface area contributed by atoms with Crippen LogP contribution in [0.2, 0.25) is 0 Å². The molecule has 2 aromatic rings. The molecule has 0 saturated heterocycles. The third kappa shape index (κ3) is 11.3. The average molecular weight is 874 g/mol. The van der Waals surface area contributed by atoms with Gasteiger partial charge in [0, 0.05) is 43.7 Å². The van der Waals surface area contributed by atoms with Crippen LogP contribution in [0.4, 0.5) is 15.3 Å². The van der Waals surface area contributed by atoms with Gasteiger partial charge < -0.3 is 53.3 Å². The van der Waals surface area contributed by atoms with Crippen molar-refractivity contribution in [3.63, 3.8) is 0 Å². The summed E-state index contributed by atoms with van der Waals surface area (Å²) in [7, 11) is 4.49. The summed E-state index contributed by atoms with van der Waals surface area (Å²) in [6, 6.07) is 9.30. The number of ether oxygens (including phenoxy) is 7. The Morgan fingerprint density at radius 2 is 1.75 bits per heavy atom. The van der Waals surface area contributed by atoms with E-state index in [0.717, 1.165) is 24.0 Å². The molecule has 0 radical (unpaired) electrons. The summed E-state index contributed by atoms with van der Waals surface area (Å²) in [4.78, 5) is 34.6. The van der Waals surface area contributed by atoms with E-state index in [1.54, 1.807) is 42.5 Å². The smallest absolute Gasteiger partial charge is 0.417 e. The first-order chi connectivity index (χ1) is 29.7. The van der Waals surface area contributed by atoms with Crippen LogP contribution in [0.15, 0.2) is 65.9 Å². The maximum absolute atomic E-state index is 14.1. The first-order valence-corrected chi connectivity index (χ1v) is 21.3. The first-order valence-electron chi connectivity index (χ1n) is 20.7. The lowest BCUT2D eigenvalue weighted by Crippen LogP contribution is -2.70. The second kappa shape index (κ2) is 23.6. The lowest BCUT2D eigenvalue weighted by Gasteiger charge is -2.59. The maximum Gasteiger partial charge on any atom is 0.417 e. The van der Waals surface area contributed by atoms with Crippen LogP contribution < -0.4 is 24.3 Å². The number of hydrogen-bond acceptors (Lipinski definition) is 14. The standard InChI is InChI=1S/C44H60ClN3O13/c1-5-21-59-44-39(48(17-23-57-24-20-51)43(53)58-22-16-45)28-36(47-56-4)33-25-29(10-6-8-18-49)32(11-7-9-19-50)40(41(33)44)34-26-31(13-15-37(34)61-44)60-42(52)46-35-14-12-30(54-2)27-38(35)55-3/h5,12-15,25-27,29,32,39-41,49-51H,1,6-11,16-24,28H2,2-4H3,(H,46,52)/t29-,32+,39-,40+,41+,44+/m0/s1. The van der Waals surface area contributed by atoms with E-state index >= 15 is 0 Å². The van der Waals surface area contributed by atoms with Gasteiger partial charge in [0.2, 0.25) is 5.79 Å². The molecule has 3 aliphatic rings. The zero-order valence-corrected chi connectivity index (χ0v) is 36.0. The Morgan fingerprint density at radius 1 is 0.984 bits per heavy atom. The van der Waals surface area contributed by atoms with Gasteiger partial charge in [-0.3, -0.25) is 10.2 Å². The van der Waals surface area contributed by atoms with Crippen molar-refractivity contribution in [2.45, 2.75) is 62.7 Å². The zero-order chi connectivity index (χ0) is 43.8. The van der Waals surface area contributed by atoms with Gasteiger partial charge in [-0.25, -0.2) is 9.59 Å². The molecule has 0 spiro atoms. The number of fused-ring (bicyclic) bond motifs is 2. The molecular formula is C44H60ClN3O13. The fourth-order valence-corrected chi connectivity index (χ4v) is 8.96. The van der Waals surface area contributed by atoms with Crippen LogP contribution in [-0.2, 0) is 19.0 Å². The summed E-state index contributed by atoms with van der Waals surface area (Å²) in [6.07, 6.45) is 6.67. The van der Waals surface area contributed by atoms with Crippen molar-refractivity contribution < 1.29 is 62.9 Å². The van der Waals surface area contributed by atoms with Crippen molar-refractivity contribution in [3.05, 3.63) is 66.3 Å². The molecule has 16 nitrogen and oxygen atoms in total. The summed E-state index contributed by atoms with van der Waals surface area (Å²) in [5.41, 5.74) is 2.54. The Labute approximate surface area is 362 Å². The van der Waals surface area contributed by atoms with E-state index in [9.17, 15) is 24.9 Å². The molecular weight excluding hydrogens is 814 g/mol. The van der Waals surface area contributed by atoms with Crippen LogP contribution >= 0.6 is 11.6 Å². The minimum atomic E-state index is -1.56. The van der Waals surface area contributed by atoms with Gasteiger partial charge in [0.1, 0.15) is 42.8 Å². The van der Waals surface area contributed by atoms with Gasteiger partial charge in [0.15, 0.2) is 0 Å². The topological polar surface area (TPSA) is 196 Å². The van der Waals surface area contributed by atoms with Crippen LogP contribution in [0.3, 0.4) is 0 Å². The van der Waals surface area contributed by atoms with Gasteiger partial charge >= 0.3 is 12.2 Å². The predicted octanol–water partition coefficient (Wildman–Crippen LogP) is 6.26. The molecule has 0 bridgehead atoms. The predicted molar refractivity (Wildman–Crippen MR) is 228 cm³/mol. The van der Waals surface area contributed by atoms with E-state index in [2.05, 4.69) is 23.1 Å². The summed E-state index contributed by atoms with van der Waals surface area (Å²) in [6.45, 7) is 4.01. The minimum Gasteiger partial charge on any atom is -0.497 e. The number of oxime groups is 1. The normalized spacial score (nSPS) is 23.1. The lowest BCUT2D eigenvalue weighted by atomic mass is 9.55. The molecule has 6 atom stereocenters. The number of nitrogens with one attached hydrogen (secondary N) is 1. The quantitative estimate of drug-likeness (QED) is 0.0400. The molecule has 2 amide bonds. The molecule has 5 rings (SSSR count). The molecule has 0 unspecified atom stereocenters. The number of unbranched alkanes of at least 4 members (excludes halogenated alkanes) is 2. The van der Waals surface area contributed by atoms with Gasteiger partial charge in [-0.05, 0) is 73.4 Å². The average Bonchev–Trinajstić information content (AvgIpc) is 3.26. The number of amides is 2. The SMILES string of the molecule is C=CCO[C@@]12Oc3ccc(OC(=O)Nc4ccc(OC)cc4OC)cc3[C@H]3[C@H](CCCCO)[C@@H](CCCCO)C=C(C(=NOC)C[C@@H]1N(CCOCCO)C(=O)OCCCl)[C@H]32. The number of aliphatic hydroxyl groups excluding tert-OH is 3. The number of halogens is 1. The number of hydrogen-bond donors (Lipinski definition) is 4. The molecule has 17 heteroatoms. The Bertz CT molecular complexity index is 1830. The number of benzene rings is 2. The van der Waals surface area contributed by atoms with Crippen molar-refractivity contribution in [1.29, 1.82) is 0 Å². The number of aliphatic hydroxyl groups is 3. The number of methoxy groups -OCH3 is 2. The van der Waals surface area contributed by atoms with Crippen molar-refractivity contribution in [2.75, 3.05) is 85.3 Å². The maximum atomic E-state index is 14.1. The Balaban J connectivity index is 1.69. The minimum absolute atomic E-state index is 0.0183. The number of nitrogens with zero attached hydrogens (tertiary/aromatic N) is 2. The lowest BCUT2D eigenvalue weighted by molar-refractivity contribution is -0.256. The van der Waals surface area contributed by atoms with E-state index in [1.165, 1.54) is 26.2 Å². The molecule has 61 heavy (non-hydrogen) atoms. The molecule has 4 N–H and O–H groups in total. The number of allylic oxidation sites excluding steroid dienone is 1. The number of alkyl halides is 1. The van der Waals surface area contributed by atoms with Gasteiger partial charge in [-0.2, -0.15) is 0 Å². The van der Waals surface area contributed by atoms with E-state index in [0.29, 0.717) is 54.3 Å². The Hall–Kier alpha value is -4.58. The van der Waals surface area contributed by atoms with Gasteiger partial charge in [0.05, 0.1) is 63.8 Å². The van der Waals surface area contributed by atoms with E-state index < -0.39 is 29.9 Å². The largest absolute Gasteiger partial charge is 0.497 e. The molecule has 336 valence electrons. The highest BCUT2D eigenvalue weighted by Crippen LogP contribution is 2.62. The second-order valence-corrected chi connectivity index (χ2v) is 15.2. The Kier molecular flexibility index (Phi) is 18.4. The summed E-state index contributed by atoms with van der Waals surface area (Å²) >= 11 is 5.98. The molecule has 1 saturated carbocycles. The van der Waals surface area contributed by atoms with Crippen LogP contribution in [0, 0.1) is 17.8 Å². The van der Waals surface area contributed by atoms with Crippen LogP contribution in [0.5, 0.6) is 23.0 Å². The monoisotopic (exact) mass is 873 g/mol. The third-order valence-corrected chi connectivity index (χ3v) is 11.5. The van der Waals surface area contributed by atoms with E-state index in [4.69, 9.17) is 49.6 Å². The second-order valence-electron chi connectivity index (χ2n) is 14.9. The molecule has 2 aliphatic carbocycles. The first kappa shape index (κ1) is 47.5. The van der Waals surface area contributed by atoms with Crippen molar-refractivity contribution >= 4 is 35.2 Å². The van der Waals surface area contributed by atoms with Crippen LogP contribution in [0.25, 0.3) is 0 Å². The van der Waals surface area contributed by atoms with Crippen molar-refractivity contribution in [3.8, 4) is 23.0 Å². The summed E-state index contributed by atoms with van der Waals surface area (Å²) in [5, 5.41) is 36.5. The van der Waals surface area contributed by atoms with Gasteiger partial charge in [-0.1, -0.05) is 30.1 Å². The fourth-order valence-electron chi connectivity index (χ4n) is 8.88. The number of rotatable bonds is 24. The highest BCUT2D eigenvalue weighted by molar-refractivity contribution is 6.18. The zero-order valence-electron chi connectivity index (χ0n) is 35.2. The number of carbonyl (C=O) groups excluding carboxylic acids is 2. The molecule has 1 aliphatic heterocycles. The molecule has 1 heterocycles. The highest BCUT2D eigenvalue weighted by atomic mass is 35.5. The number of anilines is 1. The van der Waals surface area contributed by atoms with Gasteiger partial charge in [0.25, 0.3) is 0 Å². The molecule has 2 aromatic carbocycles. The van der Waals surface area contributed by atoms with Crippen molar-refractivity contribution in [2.24, 2.45) is 22.9 Å². The van der Waals surface area contributed by atoms with Crippen LogP contribution in [-0.4, -0.2) is 130 Å². The third-order valence-electron chi connectivity index (χ3n) is 11.3. The van der Waals surface area contributed by atoms with Gasteiger partial charge in [-0.15, -0.1) is 18.2 Å². The van der Waals surface area contributed by atoms with E-state index in [-0.39, 0.29) is 88.6 Å². The molecule has 1 fully saturated rings. The highest BCUT2D eigenvalue weighted by Gasteiger charge is 2.65. The van der Waals surface area contributed by atoms with Crippen molar-refractivity contribution in [1.82, 2.24) is 4.90 Å². The van der Waals surface area contributed by atoms with Crippen LogP contribution in [0.1, 0.15) is 56.4 Å². The Morgan fingerprint density at radius 3 is 2.44 bits per heavy atom. The summed E-state index contributed by atoms with van der Waals surface area (Å²) < 4.78 is 42.1. The summed E-state index contributed by atoms with van der Waals surface area (Å²) in [5.74, 6) is -0.932. The van der Waals surface area contributed by atoms with E-state index in [1.807, 2.05) is 0 Å².